The van der Waals surface area contributed by atoms with E-state index < -0.39 is 35.7 Å². The molecule has 1 aromatic carbocycles. The summed E-state index contributed by atoms with van der Waals surface area (Å²) >= 11 is 0. The van der Waals surface area contributed by atoms with Gasteiger partial charge in [-0.05, 0) is 328 Å². The molecule has 0 radical (unpaired) electrons. The first-order valence-electron chi connectivity index (χ1n) is 47.2. The smallest absolute Gasteiger partial charge is 0.422 e. The Morgan fingerprint density at radius 2 is 0.877 bits per heavy atom. The maximum absolute atomic E-state index is 12.6. The van der Waals surface area contributed by atoms with Crippen LogP contribution in [0.2, 0.25) is 0 Å². The largest absolute Gasteiger partial charge is 0.444 e. The fourth-order valence-corrected chi connectivity index (χ4v) is 34.6. The summed E-state index contributed by atoms with van der Waals surface area (Å²) in [6.07, 6.45) is 37.7. The number of amides is 1. The average molecular weight is 1760 g/mol. The number of halogens is 1. The number of nitrogens with two attached hydrogens (primary N) is 2. The number of aromatic nitrogens is 6. The number of allylic oxidation sites excluding steroid dienone is 3. The van der Waals surface area contributed by atoms with Crippen LogP contribution in [0.4, 0.5) is 4.79 Å². The highest BCUT2D eigenvalue weighted by Gasteiger charge is 2.66. The number of benzene rings is 1. The summed E-state index contributed by atoms with van der Waals surface area (Å²) in [5, 5.41) is 38.4. The highest BCUT2D eigenvalue weighted by molar-refractivity contribution is 8.12. The van der Waals surface area contributed by atoms with Gasteiger partial charge in [-0.25, -0.2) is 19.8 Å². The molecule has 0 unspecified atom stereocenters. The molecule has 12 aliphatic carbocycles. The number of fused-ring (bicyclic) bond motifs is 21. The summed E-state index contributed by atoms with van der Waals surface area (Å²) in [4.78, 5) is 10.8. The van der Waals surface area contributed by atoms with Gasteiger partial charge in [0.1, 0.15) is 6.61 Å². The Morgan fingerprint density at radius 1 is 0.508 bits per heavy atom. The third-order valence-electron chi connectivity index (χ3n) is 37.8. The Kier molecular flexibility index (Phi) is 22.5. The van der Waals surface area contributed by atoms with E-state index in [1.165, 1.54) is 172 Å². The van der Waals surface area contributed by atoms with Gasteiger partial charge in [0, 0.05) is 64.6 Å². The number of hydrogen-bond acceptors (Lipinski definition) is 15. The second-order valence-electron chi connectivity index (χ2n) is 44.2. The molecule has 6 aliphatic heterocycles. The van der Waals surface area contributed by atoms with Crippen molar-refractivity contribution in [3.8, 4) is 0 Å². The van der Waals surface area contributed by atoms with Crippen molar-refractivity contribution in [1.82, 2.24) is 49.2 Å². The summed E-state index contributed by atoms with van der Waals surface area (Å²) in [5.41, 5.74) is 20.0. The predicted octanol–water partition coefficient (Wildman–Crippen LogP) is 15.6. The van der Waals surface area contributed by atoms with E-state index in [9.17, 15) is 30.0 Å². The highest BCUT2D eigenvalue weighted by atomic mass is 35.7. The Labute approximate surface area is 730 Å². The fourth-order valence-electron chi connectivity index (χ4n) is 31.9. The minimum atomic E-state index is -4.08. The first-order chi connectivity index (χ1) is 57.8. The van der Waals surface area contributed by atoms with Gasteiger partial charge in [-0.3, -0.25) is 15.3 Å². The van der Waals surface area contributed by atoms with Crippen LogP contribution in [-0.2, 0) is 93.7 Å². The number of ether oxygens (including phenoxy) is 4. The first kappa shape index (κ1) is 86.5. The molecule has 122 heavy (non-hydrogen) atoms. The summed E-state index contributed by atoms with van der Waals surface area (Å²) in [6, 6.07) is 9.11. The SMILES string of the molecule is CC1=C2C[C@H]3[C@@H](CC[C@@H]4Cc5[nH]ncc5C[C@@]43C)[C@@H]2CC[C@@]2(C1)O[C@@H]1C[C@H](C)CN(S(N)(=O)=O)[C@H]1[C@H]2C.CC1=C2C[C@H]3[C@@H](CC[C@@H]4Cc5[nH]ncc5C[C@@]43C)[C@@H]2CC[C@@]2(C1)O[C@@H]1C[C@H](C)CN(S(N)(=O)=O)[C@H]1[C@H]2C.CC1=C2C[C@H]3[C@@H](CC[C@@H]4Cc5[nH]ncc5C[C@@]43C)[C@@H]2CC[C@@]2(C1)O[C@@H]1C[C@H](C)CN[C@H]1[C@H]2C.O=C(NS(=O)(=O)Cl)OCc1ccccc1. The number of nitrogens with zero attached hydrogens (tertiary/aromatic N) is 5. The molecule has 30 atom stereocenters. The third kappa shape index (κ3) is 15.0. The van der Waals surface area contributed by atoms with Gasteiger partial charge in [-0.1, -0.05) is 126 Å². The number of carbonyl (C=O) groups excluding carboxylic acids is 1. The Morgan fingerprint density at radius 3 is 1.25 bits per heavy atom. The zero-order valence-corrected chi connectivity index (χ0v) is 77.6. The normalized spacial score (nSPS) is 44.0. The van der Waals surface area contributed by atoms with E-state index in [1.807, 2.05) is 11.6 Å². The number of hydrogen-bond donors (Lipinski definition) is 7. The summed E-state index contributed by atoms with van der Waals surface area (Å²) in [6.45, 7) is 30.8. The lowest BCUT2D eigenvalue weighted by Gasteiger charge is -2.52. The molecule has 22 rings (SSSR count). The van der Waals surface area contributed by atoms with E-state index in [-0.39, 0.29) is 71.4 Å². The second-order valence-corrected chi connectivity index (χ2v) is 49.5. The van der Waals surface area contributed by atoms with Gasteiger partial charge in [0.15, 0.2) is 0 Å². The van der Waals surface area contributed by atoms with E-state index in [2.05, 4.69) is 142 Å². The lowest BCUT2D eigenvalue weighted by molar-refractivity contribution is -0.0765. The molecule has 9 heterocycles. The van der Waals surface area contributed by atoms with E-state index in [1.54, 1.807) is 49.6 Å². The van der Waals surface area contributed by atoms with Crippen molar-refractivity contribution in [2.45, 2.75) is 316 Å². The van der Waals surface area contributed by atoms with Gasteiger partial charge < -0.3 is 24.3 Å². The maximum Gasteiger partial charge on any atom is 0.422 e. The van der Waals surface area contributed by atoms with Crippen LogP contribution in [0.5, 0.6) is 0 Å². The molecule has 9 N–H and O–H groups in total. The van der Waals surface area contributed by atoms with Crippen LogP contribution in [0.25, 0.3) is 0 Å². The van der Waals surface area contributed by atoms with Crippen LogP contribution in [0.1, 0.15) is 257 Å². The molecule has 670 valence electrons. The van der Waals surface area contributed by atoms with Gasteiger partial charge >= 0.3 is 15.3 Å². The molecule has 12 fully saturated rings. The van der Waals surface area contributed by atoms with Crippen molar-refractivity contribution in [1.29, 1.82) is 0 Å². The van der Waals surface area contributed by atoms with Crippen molar-refractivity contribution in [2.24, 2.45) is 133 Å². The summed E-state index contributed by atoms with van der Waals surface area (Å²) < 4.78 is 101. The highest BCUT2D eigenvalue weighted by Crippen LogP contribution is 2.69. The van der Waals surface area contributed by atoms with Crippen molar-refractivity contribution in [3.05, 3.63) is 122 Å². The minimum absolute atomic E-state index is 0.0148. The number of piperidine rings is 3. The zero-order valence-electron chi connectivity index (χ0n) is 74.4. The maximum atomic E-state index is 12.6. The quantitative estimate of drug-likeness (QED) is 0.0721. The molecule has 6 saturated carbocycles. The standard InChI is InChI=1S/2C29H44N4O3S.C29H43N3O.C8H8ClNO4S/c2*1-16-9-26-27(33(15-16)37(30,34)35)18(3)29(36-26)8-7-21-22-6-5-20-10-25-19(14-31-32-25)13-28(20,4)24(22)11-23(21)17(2)12-29;1-16-9-26-27(30-14-16)18(3)29(33-26)8-7-21-22-6-5-20-10-25-19(15-31-32-25)13-28(20,4)24(22)11-23(21)17(2)12-29;9-15(12,13)10-8(11)14-6-7-4-2-1-3-5-7/h2*14,16,18,20-22,24,26-27H,5-13,15H2,1-4H3,(H,31,32)(H2,30,34,35);15-16,18,20-22,24,26-27,30H,5-14H2,1-4H3,(H,31,32);1-5H,6H2,(H,10,11)/t3*16-,18+,20+,21-,22-,24-,26+,27-,28-,29-;/m000./s1. The van der Waals surface area contributed by atoms with Crippen molar-refractivity contribution in [3.63, 3.8) is 0 Å². The van der Waals surface area contributed by atoms with Crippen molar-refractivity contribution < 1.29 is 49.0 Å². The first-order valence-corrected chi connectivity index (χ1v) is 52.5. The van der Waals surface area contributed by atoms with Gasteiger partial charge in [-0.15, -0.1) is 0 Å². The molecule has 3 spiro atoms. The van der Waals surface area contributed by atoms with Gasteiger partial charge in [0.2, 0.25) is 0 Å². The average Bonchev–Trinajstić information content (AvgIpc) is 1.54. The lowest BCUT2D eigenvalue weighted by atomic mass is 9.52. The molecule has 18 aliphatic rings. The Balaban J connectivity index is 0.000000111. The van der Waals surface area contributed by atoms with Crippen LogP contribution in [-0.4, -0.2) is 143 Å². The van der Waals surface area contributed by atoms with E-state index in [0.717, 1.165) is 129 Å². The van der Waals surface area contributed by atoms with Crippen LogP contribution >= 0.6 is 10.7 Å². The van der Waals surface area contributed by atoms with E-state index >= 15 is 0 Å². The van der Waals surface area contributed by atoms with Gasteiger partial charge in [0.25, 0.3) is 20.4 Å². The number of nitrogens with one attached hydrogen (secondary N) is 5. The number of carbonyl (C=O) groups is 1. The number of aromatic amines is 3. The topological polar surface area (TPSA) is 325 Å². The monoisotopic (exact) mass is 1750 g/mol. The molecule has 1 amide bonds. The zero-order chi connectivity index (χ0) is 85.7. The number of H-pyrrole nitrogens is 3. The van der Waals surface area contributed by atoms with Crippen molar-refractivity contribution in [2.75, 3.05) is 19.6 Å². The fraction of sp³-hybridized carbons (Fsp3) is 0.768. The molecule has 0 bridgehead atoms. The van der Waals surface area contributed by atoms with Crippen molar-refractivity contribution >= 4 is 46.4 Å². The van der Waals surface area contributed by atoms with Crippen LogP contribution in [0.3, 0.4) is 0 Å². The summed E-state index contributed by atoms with van der Waals surface area (Å²) in [7, 11) is -6.82. The van der Waals surface area contributed by atoms with E-state index in [0.29, 0.717) is 59.2 Å². The van der Waals surface area contributed by atoms with E-state index in [4.69, 9.17) is 35.2 Å². The van der Waals surface area contributed by atoms with Gasteiger partial charge in [0.05, 0.1) is 65.8 Å². The Hall–Kier alpha value is -4.84. The number of rotatable bonds is 5. The minimum Gasteiger partial charge on any atom is -0.444 e. The van der Waals surface area contributed by atoms with Crippen LogP contribution in [0, 0.1) is 123 Å². The molecule has 3 aromatic heterocycles. The molecule has 4 aromatic rings. The molecular weight excluding hydrogens is 1620 g/mol. The van der Waals surface area contributed by atoms with Crippen LogP contribution in [0.15, 0.2) is 82.4 Å². The lowest BCUT2D eigenvalue weighted by Crippen LogP contribution is -2.56. The van der Waals surface area contributed by atoms with Crippen LogP contribution < -0.4 is 20.3 Å². The summed E-state index contributed by atoms with van der Waals surface area (Å²) in [5.74, 6) is 11.4. The molecular formula is C95H139ClN12O11S3. The predicted molar refractivity (Wildman–Crippen MR) is 471 cm³/mol. The molecule has 6 saturated heterocycles. The molecule has 23 nitrogen and oxygen atoms in total. The second kappa shape index (κ2) is 31.8. The third-order valence-corrected chi connectivity index (χ3v) is 40.5. The Bertz CT molecular complexity index is 4920. The van der Waals surface area contributed by atoms with Gasteiger partial charge in [-0.2, -0.15) is 49.2 Å². The molecule has 27 heteroatoms.